The van der Waals surface area contributed by atoms with Gasteiger partial charge in [-0.1, -0.05) is 66.2 Å². The van der Waals surface area contributed by atoms with Crippen molar-refractivity contribution in [1.29, 1.82) is 0 Å². The second-order valence-corrected chi connectivity index (χ2v) is 10.1. The van der Waals surface area contributed by atoms with Gasteiger partial charge in [0.05, 0.1) is 10.6 Å². The molecule has 0 aliphatic rings. The van der Waals surface area contributed by atoms with E-state index in [-0.39, 0.29) is 28.7 Å². The minimum absolute atomic E-state index is 0.0361. The van der Waals surface area contributed by atoms with E-state index in [0.717, 1.165) is 11.1 Å². The normalized spacial score (nSPS) is 11.1. The molecule has 3 aromatic carbocycles. The van der Waals surface area contributed by atoms with Crippen LogP contribution in [0.4, 0.5) is 0 Å². The number of sulfonamides is 1. The molecule has 3 aromatic rings. The highest BCUT2D eigenvalue weighted by Crippen LogP contribution is 2.14. The number of carbonyl (C=O) groups excluding carboxylic acids is 2. The van der Waals surface area contributed by atoms with Gasteiger partial charge >= 0.3 is 0 Å². The molecule has 0 aliphatic heterocycles. The third-order valence-corrected chi connectivity index (χ3v) is 7.06. The zero-order chi connectivity index (χ0) is 23.7. The highest BCUT2D eigenvalue weighted by Gasteiger charge is 2.16. The van der Waals surface area contributed by atoms with Crippen LogP contribution in [-0.2, 0) is 27.1 Å². The smallest absolute Gasteiger partial charge is 0.269 e. The van der Waals surface area contributed by atoms with Gasteiger partial charge < -0.3 is 0 Å². The van der Waals surface area contributed by atoms with Gasteiger partial charge in [-0.15, -0.1) is 11.8 Å². The lowest BCUT2D eigenvalue weighted by molar-refractivity contribution is -0.119. The van der Waals surface area contributed by atoms with E-state index in [2.05, 4.69) is 15.6 Å². The Bertz CT molecular complexity index is 1200. The summed E-state index contributed by atoms with van der Waals surface area (Å²) in [6, 6.07) is 22.8. The topological polar surface area (TPSA) is 104 Å². The number of hydrazine groups is 1. The van der Waals surface area contributed by atoms with E-state index < -0.39 is 15.9 Å². The molecule has 9 heteroatoms. The molecule has 0 unspecified atom stereocenters. The molecule has 7 nitrogen and oxygen atoms in total. The Morgan fingerprint density at radius 3 is 2.30 bits per heavy atom. The Morgan fingerprint density at radius 2 is 1.58 bits per heavy atom. The zero-order valence-electron chi connectivity index (χ0n) is 18.1. The minimum atomic E-state index is -3.81. The number of carbonyl (C=O) groups is 2. The van der Waals surface area contributed by atoms with Crippen LogP contribution in [0.2, 0.25) is 0 Å². The lowest BCUT2D eigenvalue weighted by Crippen LogP contribution is -2.42. The van der Waals surface area contributed by atoms with E-state index in [0.29, 0.717) is 5.75 Å². The van der Waals surface area contributed by atoms with Crippen LogP contribution in [0.3, 0.4) is 0 Å². The number of benzene rings is 3. The fraction of sp³-hybridized carbons (Fsp3) is 0.167. The maximum Gasteiger partial charge on any atom is 0.269 e. The Hall–Kier alpha value is -3.14. The Balaban J connectivity index is 1.49. The number of hydrogen-bond donors (Lipinski definition) is 3. The maximum atomic E-state index is 12.6. The molecule has 0 aromatic heterocycles. The first-order valence-electron chi connectivity index (χ1n) is 10.2. The summed E-state index contributed by atoms with van der Waals surface area (Å²) >= 11 is 1.43. The van der Waals surface area contributed by atoms with Crippen LogP contribution in [0.25, 0.3) is 0 Å². The molecule has 0 atom stereocenters. The van der Waals surface area contributed by atoms with Crippen LogP contribution in [0.1, 0.15) is 27.0 Å². The van der Waals surface area contributed by atoms with Gasteiger partial charge in [0.15, 0.2) is 0 Å². The largest absolute Gasteiger partial charge is 0.272 e. The van der Waals surface area contributed by atoms with Gasteiger partial charge in [-0.25, -0.2) is 13.1 Å². The molecule has 0 saturated carbocycles. The molecule has 0 radical (unpaired) electrons. The molecule has 0 bridgehead atoms. The van der Waals surface area contributed by atoms with Crippen LogP contribution >= 0.6 is 11.8 Å². The standard InChI is InChI=1S/C24H25N3O4S2/c1-18-10-12-20(13-11-18)16-32-17-23(28)26-27-24(29)21-8-5-9-22(14-21)33(30,31)25-15-19-6-3-2-4-7-19/h2-14,25H,15-17H2,1H3,(H,26,28)(H,27,29). The van der Waals surface area contributed by atoms with Crippen molar-refractivity contribution in [2.24, 2.45) is 0 Å². The van der Waals surface area contributed by atoms with E-state index in [9.17, 15) is 18.0 Å². The van der Waals surface area contributed by atoms with Gasteiger partial charge in [-0.3, -0.25) is 20.4 Å². The van der Waals surface area contributed by atoms with E-state index in [1.807, 2.05) is 61.5 Å². The van der Waals surface area contributed by atoms with Gasteiger partial charge in [0, 0.05) is 17.9 Å². The van der Waals surface area contributed by atoms with Crippen molar-refractivity contribution in [2.45, 2.75) is 24.1 Å². The van der Waals surface area contributed by atoms with Gasteiger partial charge in [0.1, 0.15) is 0 Å². The van der Waals surface area contributed by atoms with Crippen molar-refractivity contribution in [3.05, 3.63) is 101 Å². The van der Waals surface area contributed by atoms with Crippen molar-refractivity contribution in [3.63, 3.8) is 0 Å². The summed E-state index contributed by atoms with van der Waals surface area (Å²) in [4.78, 5) is 24.4. The van der Waals surface area contributed by atoms with Crippen molar-refractivity contribution < 1.29 is 18.0 Å². The second kappa shape index (κ2) is 11.6. The third-order valence-electron chi connectivity index (χ3n) is 4.65. The summed E-state index contributed by atoms with van der Waals surface area (Å²) in [7, 11) is -3.81. The number of hydrogen-bond acceptors (Lipinski definition) is 5. The van der Waals surface area contributed by atoms with Crippen LogP contribution in [-0.4, -0.2) is 26.0 Å². The number of amides is 2. The van der Waals surface area contributed by atoms with Gasteiger partial charge in [-0.2, -0.15) is 0 Å². The van der Waals surface area contributed by atoms with E-state index >= 15 is 0 Å². The summed E-state index contributed by atoms with van der Waals surface area (Å²) < 4.78 is 27.7. The van der Waals surface area contributed by atoms with E-state index in [1.165, 1.54) is 41.6 Å². The molecule has 0 fully saturated rings. The maximum absolute atomic E-state index is 12.6. The predicted molar refractivity (Wildman–Crippen MR) is 130 cm³/mol. The molecule has 0 heterocycles. The average molecular weight is 484 g/mol. The third kappa shape index (κ3) is 7.74. The highest BCUT2D eigenvalue weighted by molar-refractivity contribution is 7.99. The Morgan fingerprint density at radius 1 is 0.848 bits per heavy atom. The summed E-state index contributed by atoms with van der Waals surface area (Å²) in [6.45, 7) is 2.15. The molecule has 172 valence electrons. The molecular formula is C24H25N3O4S2. The summed E-state index contributed by atoms with van der Waals surface area (Å²) in [5, 5.41) is 0. The van der Waals surface area contributed by atoms with Gasteiger partial charge in [-0.05, 0) is 36.2 Å². The second-order valence-electron chi connectivity index (χ2n) is 7.32. The number of aryl methyl sites for hydroxylation is 1. The van der Waals surface area contributed by atoms with Gasteiger partial charge in [0.25, 0.3) is 5.91 Å². The molecule has 0 aliphatic carbocycles. The van der Waals surface area contributed by atoms with E-state index in [1.54, 1.807) is 0 Å². The fourth-order valence-corrected chi connectivity index (χ4v) is 4.69. The number of rotatable bonds is 9. The molecule has 2 amide bonds. The minimum Gasteiger partial charge on any atom is -0.272 e. The van der Waals surface area contributed by atoms with Crippen LogP contribution in [0.5, 0.6) is 0 Å². The summed E-state index contributed by atoms with van der Waals surface area (Å²) in [5.41, 5.74) is 7.90. The summed E-state index contributed by atoms with van der Waals surface area (Å²) in [6.07, 6.45) is 0. The fourth-order valence-electron chi connectivity index (χ4n) is 2.84. The first-order chi connectivity index (χ1) is 15.8. The summed E-state index contributed by atoms with van der Waals surface area (Å²) in [5.74, 6) is -0.107. The Kier molecular flexibility index (Phi) is 8.65. The first kappa shape index (κ1) is 24.5. The SMILES string of the molecule is Cc1ccc(CSCC(=O)NNC(=O)c2cccc(S(=O)(=O)NCc3ccccc3)c2)cc1. The molecule has 3 rings (SSSR count). The van der Waals surface area contributed by atoms with Crippen LogP contribution in [0, 0.1) is 6.92 Å². The molecule has 0 spiro atoms. The molecule has 0 saturated heterocycles. The molecule has 33 heavy (non-hydrogen) atoms. The lowest BCUT2D eigenvalue weighted by atomic mass is 10.2. The van der Waals surface area contributed by atoms with Crippen LogP contribution < -0.4 is 15.6 Å². The van der Waals surface area contributed by atoms with Crippen molar-refractivity contribution >= 4 is 33.6 Å². The Labute approximate surface area is 198 Å². The van der Waals surface area contributed by atoms with Crippen molar-refractivity contribution in [2.75, 3.05) is 5.75 Å². The first-order valence-corrected chi connectivity index (χ1v) is 12.8. The molecular weight excluding hydrogens is 458 g/mol. The van der Waals surface area contributed by atoms with Crippen LogP contribution in [0.15, 0.2) is 83.8 Å². The van der Waals surface area contributed by atoms with E-state index in [4.69, 9.17) is 0 Å². The van der Waals surface area contributed by atoms with Gasteiger partial charge in [0.2, 0.25) is 15.9 Å². The quantitative estimate of drug-likeness (QED) is 0.406. The van der Waals surface area contributed by atoms with Crippen molar-refractivity contribution in [1.82, 2.24) is 15.6 Å². The number of nitrogens with one attached hydrogen (secondary N) is 3. The zero-order valence-corrected chi connectivity index (χ0v) is 19.7. The monoisotopic (exact) mass is 483 g/mol. The highest BCUT2D eigenvalue weighted by atomic mass is 32.2. The molecule has 3 N–H and O–H groups in total. The lowest BCUT2D eigenvalue weighted by Gasteiger charge is -2.10. The number of thioether (sulfide) groups is 1. The average Bonchev–Trinajstić information content (AvgIpc) is 2.83. The predicted octanol–water partition coefficient (Wildman–Crippen LogP) is 3.17. The van der Waals surface area contributed by atoms with Crippen molar-refractivity contribution in [3.8, 4) is 0 Å².